The summed E-state index contributed by atoms with van der Waals surface area (Å²) in [4.78, 5) is 11.6. The molecule has 0 aliphatic carbocycles. The van der Waals surface area contributed by atoms with E-state index in [1.54, 1.807) is 31.4 Å². The minimum absolute atomic E-state index is 0.118. The van der Waals surface area contributed by atoms with Crippen LogP contribution in [-0.2, 0) is 4.79 Å². The van der Waals surface area contributed by atoms with Crippen molar-refractivity contribution < 1.29 is 19.4 Å². The Kier molecular flexibility index (Phi) is 6.49. The minimum atomic E-state index is -0.916. The van der Waals surface area contributed by atoms with Gasteiger partial charge in [-0.15, -0.1) is 0 Å². The highest BCUT2D eigenvalue weighted by atomic mass is 16.5. The summed E-state index contributed by atoms with van der Waals surface area (Å²) < 4.78 is 10.7. The smallest absolute Gasteiger partial charge is 0.311 e. The third-order valence-electron chi connectivity index (χ3n) is 3.55. The fourth-order valence-corrected chi connectivity index (χ4v) is 2.39. The van der Waals surface area contributed by atoms with E-state index in [4.69, 9.17) is 15.2 Å². The van der Waals surface area contributed by atoms with Crippen molar-refractivity contribution in [3.8, 4) is 11.5 Å². The molecule has 5 nitrogen and oxygen atoms in total. The zero-order valence-electron chi connectivity index (χ0n) is 13.0. The molecule has 1 atom stereocenters. The lowest BCUT2D eigenvalue weighted by Crippen LogP contribution is -2.41. The predicted octanol–water partition coefficient (Wildman–Crippen LogP) is 2.54. The van der Waals surface area contributed by atoms with Crippen molar-refractivity contribution in [2.24, 2.45) is 17.1 Å². The summed E-state index contributed by atoms with van der Waals surface area (Å²) >= 11 is 0. The lowest BCUT2D eigenvalue weighted by molar-refractivity contribution is -0.150. The van der Waals surface area contributed by atoms with Crippen LogP contribution in [0.2, 0.25) is 0 Å². The number of benzene rings is 1. The van der Waals surface area contributed by atoms with Crippen molar-refractivity contribution in [3.05, 3.63) is 24.3 Å². The van der Waals surface area contributed by atoms with Gasteiger partial charge in [-0.1, -0.05) is 13.8 Å². The van der Waals surface area contributed by atoms with Crippen molar-refractivity contribution in [1.29, 1.82) is 0 Å². The van der Waals surface area contributed by atoms with Crippen LogP contribution in [-0.4, -0.2) is 31.3 Å². The number of hydrogen-bond acceptors (Lipinski definition) is 4. The van der Waals surface area contributed by atoms with E-state index < -0.39 is 11.4 Å². The molecule has 3 N–H and O–H groups in total. The van der Waals surface area contributed by atoms with E-state index in [2.05, 4.69) is 0 Å². The maximum absolute atomic E-state index is 11.6. The van der Waals surface area contributed by atoms with Gasteiger partial charge in [0, 0.05) is 6.54 Å². The molecular formula is C16H25NO4. The number of carboxylic acids is 1. The highest BCUT2D eigenvalue weighted by molar-refractivity contribution is 5.75. The van der Waals surface area contributed by atoms with Crippen molar-refractivity contribution in [1.82, 2.24) is 0 Å². The molecule has 21 heavy (non-hydrogen) atoms. The molecule has 1 aromatic carbocycles. The molecule has 0 aromatic heterocycles. The van der Waals surface area contributed by atoms with Gasteiger partial charge in [-0.3, -0.25) is 4.79 Å². The quantitative estimate of drug-likeness (QED) is 0.731. The average molecular weight is 295 g/mol. The fourth-order valence-electron chi connectivity index (χ4n) is 2.39. The second-order valence-electron chi connectivity index (χ2n) is 5.66. The third-order valence-corrected chi connectivity index (χ3v) is 3.55. The van der Waals surface area contributed by atoms with E-state index in [1.165, 1.54) is 0 Å². The van der Waals surface area contributed by atoms with Crippen LogP contribution in [0.3, 0.4) is 0 Å². The number of aliphatic carboxylic acids is 1. The van der Waals surface area contributed by atoms with Crippen molar-refractivity contribution >= 4 is 5.97 Å². The standard InChI is InChI=1S/C16H25NO4/c1-12(2)10-16(11-17,15(18)19)8-9-21-14-6-4-13(20-3)5-7-14/h4-7,12H,8-11,17H2,1-3H3,(H,18,19). The van der Waals surface area contributed by atoms with Crippen LogP contribution in [0.15, 0.2) is 24.3 Å². The van der Waals surface area contributed by atoms with Gasteiger partial charge in [-0.2, -0.15) is 0 Å². The summed E-state index contributed by atoms with van der Waals surface area (Å²) in [6.07, 6.45) is 0.938. The van der Waals surface area contributed by atoms with E-state index in [0.29, 0.717) is 25.2 Å². The van der Waals surface area contributed by atoms with Gasteiger partial charge in [0.05, 0.1) is 19.1 Å². The lowest BCUT2D eigenvalue weighted by Gasteiger charge is -2.29. The lowest BCUT2D eigenvalue weighted by atomic mass is 9.77. The zero-order valence-corrected chi connectivity index (χ0v) is 13.0. The number of ether oxygens (including phenoxy) is 2. The summed E-state index contributed by atoms with van der Waals surface area (Å²) in [5, 5.41) is 9.49. The number of hydrogen-bond donors (Lipinski definition) is 2. The topological polar surface area (TPSA) is 81.8 Å². The molecule has 1 unspecified atom stereocenters. The SMILES string of the molecule is COc1ccc(OCCC(CN)(CC(C)C)C(=O)O)cc1. The van der Waals surface area contributed by atoms with Crippen LogP contribution in [0.25, 0.3) is 0 Å². The normalized spacial score (nSPS) is 13.8. The molecule has 118 valence electrons. The Hall–Kier alpha value is -1.75. The van der Waals surface area contributed by atoms with Crippen molar-refractivity contribution in [3.63, 3.8) is 0 Å². The number of nitrogens with two attached hydrogens (primary N) is 1. The Morgan fingerprint density at radius 3 is 2.29 bits per heavy atom. The number of carbonyl (C=O) groups is 1. The minimum Gasteiger partial charge on any atom is -0.497 e. The van der Waals surface area contributed by atoms with Gasteiger partial charge >= 0.3 is 5.97 Å². The molecule has 0 fully saturated rings. The first-order valence-corrected chi connectivity index (χ1v) is 7.14. The summed E-state index contributed by atoms with van der Waals surface area (Å²) in [6, 6.07) is 7.20. The molecule has 0 aliphatic rings. The Labute approximate surface area is 126 Å². The van der Waals surface area contributed by atoms with E-state index in [0.717, 1.165) is 5.75 Å². The van der Waals surface area contributed by atoms with Crippen LogP contribution in [0.4, 0.5) is 0 Å². The van der Waals surface area contributed by atoms with Gasteiger partial charge < -0.3 is 20.3 Å². The van der Waals surface area contributed by atoms with Gasteiger partial charge in [0.15, 0.2) is 0 Å². The predicted molar refractivity (Wildman–Crippen MR) is 81.7 cm³/mol. The molecule has 0 saturated heterocycles. The van der Waals surface area contributed by atoms with E-state index in [-0.39, 0.29) is 12.5 Å². The molecule has 0 spiro atoms. The molecule has 0 bridgehead atoms. The average Bonchev–Trinajstić information content (AvgIpc) is 2.46. The summed E-state index contributed by atoms with van der Waals surface area (Å²) in [5.74, 6) is 0.864. The summed E-state index contributed by atoms with van der Waals surface area (Å²) in [5.41, 5.74) is 4.81. The van der Waals surface area contributed by atoms with Crippen LogP contribution in [0, 0.1) is 11.3 Å². The van der Waals surface area contributed by atoms with Crippen LogP contribution in [0.5, 0.6) is 11.5 Å². The second kappa shape index (κ2) is 7.88. The van der Waals surface area contributed by atoms with Gasteiger partial charge in [-0.25, -0.2) is 0 Å². The summed E-state index contributed by atoms with van der Waals surface area (Å²) in [6.45, 7) is 4.43. The Balaban J connectivity index is 2.62. The largest absolute Gasteiger partial charge is 0.497 e. The highest BCUT2D eigenvalue weighted by Gasteiger charge is 2.37. The molecule has 5 heteroatoms. The molecule has 1 rings (SSSR count). The van der Waals surface area contributed by atoms with Crippen LogP contribution in [0.1, 0.15) is 26.7 Å². The Bertz CT molecular complexity index is 444. The van der Waals surface area contributed by atoms with Gasteiger partial charge in [0.25, 0.3) is 0 Å². The molecule has 0 heterocycles. The van der Waals surface area contributed by atoms with E-state index >= 15 is 0 Å². The van der Waals surface area contributed by atoms with Crippen molar-refractivity contribution in [2.75, 3.05) is 20.3 Å². The molecule has 0 amide bonds. The molecular weight excluding hydrogens is 270 g/mol. The number of methoxy groups -OCH3 is 1. The van der Waals surface area contributed by atoms with Gasteiger partial charge in [0.2, 0.25) is 0 Å². The molecule has 0 saturated carbocycles. The van der Waals surface area contributed by atoms with Crippen LogP contribution < -0.4 is 15.2 Å². The number of rotatable bonds is 9. The van der Waals surface area contributed by atoms with Crippen molar-refractivity contribution in [2.45, 2.75) is 26.7 Å². The third kappa shape index (κ3) is 4.93. The molecule has 1 aromatic rings. The van der Waals surface area contributed by atoms with E-state index in [9.17, 15) is 9.90 Å². The monoisotopic (exact) mass is 295 g/mol. The maximum atomic E-state index is 11.6. The Morgan fingerprint density at radius 2 is 1.86 bits per heavy atom. The maximum Gasteiger partial charge on any atom is 0.311 e. The number of carboxylic acid groups (broad SMARTS) is 1. The van der Waals surface area contributed by atoms with Gasteiger partial charge in [0.1, 0.15) is 11.5 Å². The Morgan fingerprint density at radius 1 is 1.29 bits per heavy atom. The molecule has 0 aliphatic heterocycles. The second-order valence-corrected chi connectivity index (χ2v) is 5.66. The zero-order chi connectivity index (χ0) is 15.9. The highest BCUT2D eigenvalue weighted by Crippen LogP contribution is 2.30. The van der Waals surface area contributed by atoms with Gasteiger partial charge in [-0.05, 0) is 43.0 Å². The first kappa shape index (κ1) is 17.3. The summed E-state index contributed by atoms with van der Waals surface area (Å²) in [7, 11) is 1.60. The van der Waals surface area contributed by atoms with Crippen LogP contribution >= 0.6 is 0 Å². The molecule has 0 radical (unpaired) electrons. The fraction of sp³-hybridized carbons (Fsp3) is 0.562. The van der Waals surface area contributed by atoms with E-state index in [1.807, 2.05) is 13.8 Å². The first-order valence-electron chi connectivity index (χ1n) is 7.14. The first-order chi connectivity index (χ1) is 9.93.